The van der Waals surface area contributed by atoms with Crippen molar-refractivity contribution in [3.8, 4) is 0 Å². The molecule has 14 heavy (non-hydrogen) atoms. The van der Waals surface area contributed by atoms with E-state index in [1.807, 2.05) is 25.6 Å². The van der Waals surface area contributed by atoms with Gasteiger partial charge in [0.1, 0.15) is 0 Å². The van der Waals surface area contributed by atoms with Crippen LogP contribution in [0, 0.1) is 6.92 Å². The fraction of sp³-hybridized carbons (Fsp3) is 0.545. The van der Waals surface area contributed by atoms with E-state index in [2.05, 4.69) is 30.1 Å². The van der Waals surface area contributed by atoms with E-state index in [1.54, 1.807) is 0 Å². The second kappa shape index (κ2) is 4.42. The topological polar surface area (TPSA) is 29.9 Å². The molecule has 0 fully saturated rings. The number of nitrogens with zero attached hydrogens (tertiary/aromatic N) is 2. The summed E-state index contributed by atoms with van der Waals surface area (Å²) in [5.41, 5.74) is 3.50. The summed E-state index contributed by atoms with van der Waals surface area (Å²) < 4.78 is 1.85. The Kier molecular flexibility index (Phi) is 3.47. The van der Waals surface area contributed by atoms with Crippen molar-refractivity contribution in [2.45, 2.75) is 26.8 Å². The van der Waals surface area contributed by atoms with Crippen LogP contribution in [0.1, 0.15) is 31.1 Å². The van der Waals surface area contributed by atoms with E-state index in [0.717, 1.165) is 17.8 Å². The van der Waals surface area contributed by atoms with Gasteiger partial charge in [0.2, 0.25) is 0 Å². The number of nitrogens with one attached hydrogen (secondary N) is 1. The normalized spacial score (nSPS) is 12.9. The maximum Gasteiger partial charge on any atom is 0.0641 e. The van der Waals surface area contributed by atoms with Gasteiger partial charge in [-0.15, -0.1) is 0 Å². The highest BCUT2D eigenvalue weighted by Crippen LogP contribution is 2.15. The predicted molar refractivity (Wildman–Crippen MR) is 59.2 cm³/mol. The van der Waals surface area contributed by atoms with Crippen LogP contribution in [0.25, 0.3) is 0 Å². The van der Waals surface area contributed by atoms with Crippen LogP contribution >= 0.6 is 0 Å². The van der Waals surface area contributed by atoms with Crippen molar-refractivity contribution >= 4 is 0 Å². The van der Waals surface area contributed by atoms with Gasteiger partial charge in [0.25, 0.3) is 0 Å². The Labute approximate surface area is 85.8 Å². The molecule has 1 atom stereocenters. The van der Waals surface area contributed by atoms with Crippen LogP contribution < -0.4 is 5.32 Å². The van der Waals surface area contributed by atoms with Crippen molar-refractivity contribution in [3.63, 3.8) is 0 Å². The molecule has 0 aliphatic rings. The third-order valence-electron chi connectivity index (χ3n) is 2.23. The van der Waals surface area contributed by atoms with Crippen LogP contribution in [0.3, 0.4) is 0 Å². The third-order valence-corrected chi connectivity index (χ3v) is 2.23. The van der Waals surface area contributed by atoms with E-state index in [1.165, 1.54) is 5.56 Å². The Hall–Kier alpha value is -1.09. The van der Waals surface area contributed by atoms with Gasteiger partial charge in [0, 0.05) is 31.4 Å². The van der Waals surface area contributed by atoms with Crippen molar-refractivity contribution in [2.75, 3.05) is 6.54 Å². The second-order valence-corrected chi connectivity index (χ2v) is 3.90. The van der Waals surface area contributed by atoms with Crippen LogP contribution in [0.4, 0.5) is 0 Å². The SMILES string of the molecule is C=C(C)CNC(C)c1cn(C)nc1C. The lowest BCUT2D eigenvalue weighted by atomic mass is 10.1. The molecule has 1 N–H and O–H groups in total. The third kappa shape index (κ3) is 2.70. The van der Waals surface area contributed by atoms with E-state index >= 15 is 0 Å². The molecule has 3 nitrogen and oxygen atoms in total. The van der Waals surface area contributed by atoms with Gasteiger partial charge in [-0.05, 0) is 20.8 Å². The number of hydrogen-bond acceptors (Lipinski definition) is 2. The number of aromatic nitrogens is 2. The first kappa shape index (κ1) is 11.0. The van der Waals surface area contributed by atoms with Crippen LogP contribution in [0.15, 0.2) is 18.3 Å². The molecule has 0 aliphatic carbocycles. The van der Waals surface area contributed by atoms with Gasteiger partial charge < -0.3 is 5.32 Å². The molecule has 0 amide bonds. The smallest absolute Gasteiger partial charge is 0.0641 e. The van der Waals surface area contributed by atoms with E-state index in [9.17, 15) is 0 Å². The zero-order chi connectivity index (χ0) is 10.7. The monoisotopic (exact) mass is 193 g/mol. The van der Waals surface area contributed by atoms with Gasteiger partial charge in [-0.1, -0.05) is 12.2 Å². The first-order valence-electron chi connectivity index (χ1n) is 4.88. The molecule has 0 saturated heterocycles. The molecule has 0 aliphatic heterocycles. The highest BCUT2D eigenvalue weighted by molar-refractivity contribution is 5.19. The molecule has 1 unspecified atom stereocenters. The molecular formula is C11H19N3. The minimum atomic E-state index is 0.334. The molecule has 0 aromatic carbocycles. The number of hydrogen-bond donors (Lipinski definition) is 1. The van der Waals surface area contributed by atoms with Gasteiger partial charge in [0.05, 0.1) is 5.69 Å². The summed E-state index contributed by atoms with van der Waals surface area (Å²) in [6.45, 7) is 10.9. The molecule has 0 spiro atoms. The minimum absolute atomic E-state index is 0.334. The molecule has 1 rings (SSSR count). The highest BCUT2D eigenvalue weighted by atomic mass is 15.3. The largest absolute Gasteiger partial charge is 0.306 e. The summed E-state index contributed by atoms with van der Waals surface area (Å²) in [6, 6.07) is 0.334. The summed E-state index contributed by atoms with van der Waals surface area (Å²) in [6.07, 6.45) is 2.06. The van der Waals surface area contributed by atoms with Crippen LogP contribution in [-0.4, -0.2) is 16.3 Å². The van der Waals surface area contributed by atoms with Gasteiger partial charge in [0.15, 0.2) is 0 Å². The summed E-state index contributed by atoms with van der Waals surface area (Å²) in [5.74, 6) is 0. The average Bonchev–Trinajstić information content (AvgIpc) is 2.41. The quantitative estimate of drug-likeness (QED) is 0.741. The van der Waals surface area contributed by atoms with Gasteiger partial charge in [-0.3, -0.25) is 4.68 Å². The van der Waals surface area contributed by atoms with Crippen molar-refractivity contribution in [3.05, 3.63) is 29.6 Å². The van der Waals surface area contributed by atoms with E-state index < -0.39 is 0 Å². The number of aryl methyl sites for hydroxylation is 2. The highest BCUT2D eigenvalue weighted by Gasteiger charge is 2.10. The Morgan fingerprint density at radius 2 is 2.36 bits per heavy atom. The Morgan fingerprint density at radius 3 is 2.79 bits per heavy atom. The molecule has 0 bridgehead atoms. The van der Waals surface area contributed by atoms with Crippen molar-refractivity contribution in [1.29, 1.82) is 0 Å². The number of rotatable bonds is 4. The fourth-order valence-electron chi connectivity index (χ4n) is 1.48. The Balaban J connectivity index is 2.64. The molecule has 1 heterocycles. The molecule has 3 heteroatoms. The Morgan fingerprint density at radius 1 is 1.71 bits per heavy atom. The second-order valence-electron chi connectivity index (χ2n) is 3.90. The van der Waals surface area contributed by atoms with Crippen molar-refractivity contribution in [1.82, 2.24) is 15.1 Å². The molecule has 1 aromatic heterocycles. The standard InChI is InChI=1S/C11H19N3/c1-8(2)6-12-9(3)11-7-14(5)13-10(11)4/h7,9,12H,1,6H2,2-5H3. The Bertz CT molecular complexity index is 325. The average molecular weight is 193 g/mol. The molecule has 0 radical (unpaired) electrons. The van der Waals surface area contributed by atoms with Crippen LogP contribution in [0.2, 0.25) is 0 Å². The van der Waals surface area contributed by atoms with Crippen molar-refractivity contribution < 1.29 is 0 Å². The summed E-state index contributed by atoms with van der Waals surface area (Å²) in [7, 11) is 1.95. The predicted octanol–water partition coefficient (Wildman–Crippen LogP) is 1.96. The lowest BCUT2D eigenvalue weighted by Gasteiger charge is -2.12. The van der Waals surface area contributed by atoms with Crippen LogP contribution in [-0.2, 0) is 7.05 Å². The van der Waals surface area contributed by atoms with Gasteiger partial charge in [-0.25, -0.2) is 0 Å². The lowest BCUT2D eigenvalue weighted by molar-refractivity contribution is 0.604. The first-order chi connectivity index (χ1) is 6.50. The van der Waals surface area contributed by atoms with Gasteiger partial charge in [-0.2, -0.15) is 5.10 Å². The van der Waals surface area contributed by atoms with E-state index in [-0.39, 0.29) is 0 Å². The molecule has 78 valence electrons. The summed E-state index contributed by atoms with van der Waals surface area (Å²) in [5, 5.41) is 7.71. The first-order valence-corrected chi connectivity index (χ1v) is 4.88. The lowest BCUT2D eigenvalue weighted by Crippen LogP contribution is -2.20. The summed E-state index contributed by atoms with van der Waals surface area (Å²) >= 11 is 0. The summed E-state index contributed by atoms with van der Waals surface area (Å²) in [4.78, 5) is 0. The maximum atomic E-state index is 4.31. The zero-order valence-corrected chi connectivity index (χ0v) is 9.46. The molecule has 0 saturated carbocycles. The molecule has 1 aromatic rings. The van der Waals surface area contributed by atoms with Crippen LogP contribution in [0.5, 0.6) is 0 Å². The van der Waals surface area contributed by atoms with E-state index in [0.29, 0.717) is 6.04 Å². The van der Waals surface area contributed by atoms with E-state index in [4.69, 9.17) is 0 Å². The van der Waals surface area contributed by atoms with Crippen molar-refractivity contribution in [2.24, 2.45) is 7.05 Å². The fourth-order valence-corrected chi connectivity index (χ4v) is 1.48. The minimum Gasteiger partial charge on any atom is -0.306 e. The molecular weight excluding hydrogens is 174 g/mol. The zero-order valence-electron chi connectivity index (χ0n) is 9.46. The van der Waals surface area contributed by atoms with Gasteiger partial charge >= 0.3 is 0 Å². The maximum absolute atomic E-state index is 4.31.